The van der Waals surface area contributed by atoms with Crippen molar-refractivity contribution in [1.82, 2.24) is 5.32 Å². The molecule has 3 unspecified atom stereocenters. The Morgan fingerprint density at radius 2 is 1.68 bits per heavy atom. The molecule has 2 aromatic rings. The van der Waals surface area contributed by atoms with Crippen molar-refractivity contribution < 1.29 is 0 Å². The van der Waals surface area contributed by atoms with Crippen molar-refractivity contribution in [3.63, 3.8) is 0 Å². The summed E-state index contributed by atoms with van der Waals surface area (Å²) in [7, 11) is 2.09. The lowest BCUT2D eigenvalue weighted by atomic mass is 9.82. The third kappa shape index (κ3) is 4.20. The van der Waals surface area contributed by atoms with E-state index in [2.05, 4.69) is 99.0 Å². The Morgan fingerprint density at radius 1 is 0.964 bits per heavy atom. The molecule has 0 aromatic heterocycles. The molecule has 4 rings (SSSR count). The van der Waals surface area contributed by atoms with E-state index in [9.17, 15) is 0 Å². The number of hydrogen-bond donors (Lipinski definition) is 1. The van der Waals surface area contributed by atoms with Crippen molar-refractivity contribution in [2.45, 2.75) is 39.2 Å². The van der Waals surface area contributed by atoms with E-state index in [4.69, 9.17) is 0 Å². The first kappa shape index (κ1) is 19.0. The van der Waals surface area contributed by atoms with Crippen LogP contribution >= 0.6 is 0 Å². The molecule has 1 saturated carbocycles. The Morgan fingerprint density at radius 3 is 2.39 bits per heavy atom. The first-order chi connectivity index (χ1) is 13.7. The molecule has 2 aliphatic rings. The molecule has 1 N–H and O–H groups in total. The monoisotopic (exact) mass is 369 g/mol. The van der Waals surface area contributed by atoms with Crippen LogP contribution in [0, 0.1) is 11.8 Å². The van der Waals surface area contributed by atoms with E-state index in [1.807, 2.05) is 0 Å². The summed E-state index contributed by atoms with van der Waals surface area (Å²) >= 11 is 0. The van der Waals surface area contributed by atoms with Gasteiger partial charge in [-0.1, -0.05) is 84.8 Å². The molecule has 2 aliphatic carbocycles. The predicted molar refractivity (Wildman–Crippen MR) is 121 cm³/mol. The molecule has 0 spiro atoms. The summed E-state index contributed by atoms with van der Waals surface area (Å²) in [5.41, 5.74) is 8.50. The van der Waals surface area contributed by atoms with Gasteiger partial charge in [-0.3, -0.25) is 0 Å². The molecule has 3 atom stereocenters. The normalized spacial score (nSPS) is 23.9. The molecule has 28 heavy (non-hydrogen) atoms. The van der Waals surface area contributed by atoms with Crippen molar-refractivity contribution in [2.75, 3.05) is 7.05 Å². The van der Waals surface area contributed by atoms with Gasteiger partial charge in [-0.05, 0) is 73.4 Å². The van der Waals surface area contributed by atoms with Crippen molar-refractivity contribution in [1.29, 1.82) is 0 Å². The fraction of sp³-hybridized carbons (Fsp3) is 0.333. The zero-order valence-electron chi connectivity index (χ0n) is 17.3. The van der Waals surface area contributed by atoms with Crippen molar-refractivity contribution >= 4 is 5.57 Å². The molecule has 0 amide bonds. The van der Waals surface area contributed by atoms with Crippen LogP contribution < -0.4 is 5.32 Å². The number of hydrogen-bond acceptors (Lipinski definition) is 1. The average molecular weight is 370 g/mol. The van der Waals surface area contributed by atoms with E-state index in [0.29, 0.717) is 17.9 Å². The van der Waals surface area contributed by atoms with Crippen LogP contribution in [-0.2, 0) is 0 Å². The predicted octanol–water partition coefficient (Wildman–Crippen LogP) is 6.65. The summed E-state index contributed by atoms with van der Waals surface area (Å²) in [6.45, 7) is 4.72. The zero-order chi connectivity index (χ0) is 19.5. The van der Waals surface area contributed by atoms with Crippen LogP contribution in [0.2, 0.25) is 0 Å². The third-order valence-electron chi connectivity index (χ3n) is 6.34. The van der Waals surface area contributed by atoms with Crippen LogP contribution in [0.5, 0.6) is 0 Å². The summed E-state index contributed by atoms with van der Waals surface area (Å²) in [4.78, 5) is 0. The molecule has 0 saturated heterocycles. The van der Waals surface area contributed by atoms with Crippen LogP contribution in [0.25, 0.3) is 16.7 Å². The minimum absolute atomic E-state index is 0.412. The minimum Gasteiger partial charge on any atom is -0.313 e. The third-order valence-corrected chi connectivity index (χ3v) is 6.34. The Hall–Kier alpha value is -2.38. The van der Waals surface area contributed by atoms with Gasteiger partial charge in [0.1, 0.15) is 0 Å². The van der Waals surface area contributed by atoms with Crippen molar-refractivity contribution in [3.05, 3.63) is 89.5 Å². The van der Waals surface area contributed by atoms with Gasteiger partial charge in [0.15, 0.2) is 0 Å². The van der Waals surface area contributed by atoms with Gasteiger partial charge in [0, 0.05) is 6.04 Å². The summed E-state index contributed by atoms with van der Waals surface area (Å²) in [5.74, 6) is 1.13. The lowest BCUT2D eigenvalue weighted by molar-refractivity contribution is 0.349. The second kappa shape index (κ2) is 8.32. The topological polar surface area (TPSA) is 12.0 Å². The summed E-state index contributed by atoms with van der Waals surface area (Å²) in [6, 6.07) is 20.0. The largest absolute Gasteiger partial charge is 0.313 e. The molecule has 1 heteroatoms. The van der Waals surface area contributed by atoms with Crippen molar-refractivity contribution in [3.8, 4) is 11.1 Å². The summed E-state index contributed by atoms with van der Waals surface area (Å²) in [6.07, 6.45) is 11.0. The standard InChI is InChI=1S/C27H31N/c1-19(21-12-13-21)17-26-20(2)16-25(14-15-27(26)28-3)24-11-7-10-23(18-24)22-8-5-4-6-9-22/h4-11,14-16,18,20,26-28H,12-13,17H2,1-3H3. The highest BCUT2D eigenvalue weighted by Gasteiger charge is 2.27. The molecule has 0 bridgehead atoms. The van der Waals surface area contributed by atoms with Crippen LogP contribution in [0.1, 0.15) is 38.7 Å². The van der Waals surface area contributed by atoms with Crippen LogP contribution in [0.4, 0.5) is 0 Å². The van der Waals surface area contributed by atoms with Gasteiger partial charge in [0.05, 0.1) is 0 Å². The fourth-order valence-corrected chi connectivity index (χ4v) is 4.45. The second-order valence-electron chi connectivity index (χ2n) is 8.35. The van der Waals surface area contributed by atoms with E-state index in [1.165, 1.54) is 41.5 Å². The van der Waals surface area contributed by atoms with E-state index >= 15 is 0 Å². The molecule has 144 valence electrons. The van der Waals surface area contributed by atoms with Crippen LogP contribution in [0.3, 0.4) is 0 Å². The molecule has 1 fully saturated rings. The number of allylic oxidation sites excluding steroid dienone is 5. The SMILES string of the molecule is CNC1C=CC(c2cccc(-c3ccccc3)c2)=CC(C)C1CC(C)=C1CC1. The van der Waals surface area contributed by atoms with E-state index < -0.39 is 0 Å². The summed E-state index contributed by atoms with van der Waals surface area (Å²) < 4.78 is 0. The lowest BCUT2D eigenvalue weighted by Crippen LogP contribution is -2.34. The first-order valence-corrected chi connectivity index (χ1v) is 10.6. The number of likely N-dealkylation sites (N-methyl/N-ethyl adjacent to an activating group) is 1. The van der Waals surface area contributed by atoms with Gasteiger partial charge in [-0.2, -0.15) is 0 Å². The molecule has 1 nitrogen and oxygen atoms in total. The Balaban J connectivity index is 1.64. The molecule has 0 radical (unpaired) electrons. The van der Waals surface area contributed by atoms with E-state index in [0.717, 1.165) is 0 Å². The Kier molecular flexibility index (Phi) is 5.64. The molecular weight excluding hydrogens is 338 g/mol. The Bertz CT molecular complexity index is 910. The number of benzene rings is 2. The highest BCUT2D eigenvalue weighted by Crippen LogP contribution is 2.38. The minimum atomic E-state index is 0.412. The maximum Gasteiger partial charge on any atom is 0.0287 e. The van der Waals surface area contributed by atoms with Gasteiger partial charge in [0.2, 0.25) is 0 Å². The molecular formula is C27H31N. The zero-order valence-corrected chi connectivity index (χ0v) is 17.3. The van der Waals surface area contributed by atoms with Gasteiger partial charge in [-0.25, -0.2) is 0 Å². The first-order valence-electron chi connectivity index (χ1n) is 10.6. The summed E-state index contributed by atoms with van der Waals surface area (Å²) in [5, 5.41) is 3.56. The van der Waals surface area contributed by atoms with Crippen LogP contribution in [0.15, 0.2) is 84.0 Å². The molecule has 2 aromatic carbocycles. The Labute approximate surface area is 169 Å². The number of nitrogens with one attached hydrogen (secondary N) is 1. The van der Waals surface area contributed by atoms with E-state index in [-0.39, 0.29) is 0 Å². The van der Waals surface area contributed by atoms with E-state index in [1.54, 1.807) is 11.1 Å². The smallest absolute Gasteiger partial charge is 0.0287 e. The highest BCUT2D eigenvalue weighted by molar-refractivity contribution is 5.78. The highest BCUT2D eigenvalue weighted by atomic mass is 14.9. The fourth-order valence-electron chi connectivity index (χ4n) is 4.45. The van der Waals surface area contributed by atoms with Gasteiger partial charge in [-0.15, -0.1) is 0 Å². The maximum absolute atomic E-state index is 3.56. The van der Waals surface area contributed by atoms with Gasteiger partial charge >= 0.3 is 0 Å². The van der Waals surface area contributed by atoms with Gasteiger partial charge in [0.25, 0.3) is 0 Å². The molecule has 0 aliphatic heterocycles. The average Bonchev–Trinajstić information content (AvgIpc) is 3.58. The number of rotatable bonds is 5. The second-order valence-corrected chi connectivity index (χ2v) is 8.35. The lowest BCUT2D eigenvalue weighted by Gasteiger charge is -2.28. The van der Waals surface area contributed by atoms with Gasteiger partial charge < -0.3 is 5.32 Å². The van der Waals surface area contributed by atoms with Crippen molar-refractivity contribution in [2.24, 2.45) is 11.8 Å². The maximum atomic E-state index is 3.56. The quantitative estimate of drug-likeness (QED) is 0.582. The van der Waals surface area contributed by atoms with Crippen LogP contribution in [-0.4, -0.2) is 13.1 Å². The molecule has 0 heterocycles.